The highest BCUT2D eigenvalue weighted by molar-refractivity contribution is 5.94. The Morgan fingerprint density at radius 3 is 2.54 bits per heavy atom. The number of hydrogen-bond acceptors (Lipinski definition) is 5. The number of aromatic amines is 2. The van der Waals surface area contributed by atoms with Crippen LogP contribution in [0.15, 0.2) is 46.2 Å². The van der Waals surface area contributed by atoms with Gasteiger partial charge in [-0.25, -0.2) is 9.78 Å². The van der Waals surface area contributed by atoms with Crippen LogP contribution in [-0.4, -0.2) is 43.2 Å². The monoisotopic (exact) mass is 570 g/mol. The maximum absolute atomic E-state index is 14.6. The molecule has 0 bridgehead atoms. The molecule has 4 heterocycles. The average molecular weight is 571 g/mol. The molecule has 3 aromatic heterocycles. The van der Waals surface area contributed by atoms with Crippen LogP contribution in [0, 0.1) is 5.95 Å². The number of anilines is 1. The van der Waals surface area contributed by atoms with Gasteiger partial charge >= 0.3 is 11.9 Å². The number of rotatable bonds is 4. The summed E-state index contributed by atoms with van der Waals surface area (Å²) in [5, 5.41) is 4.20. The number of nitrogens with one attached hydrogen (secondary N) is 2. The fourth-order valence-electron chi connectivity index (χ4n) is 5.72. The van der Waals surface area contributed by atoms with Crippen molar-refractivity contribution in [2.24, 2.45) is 0 Å². The fourth-order valence-corrected chi connectivity index (χ4v) is 5.72. The predicted octanol–water partition coefficient (Wildman–Crippen LogP) is 4.59. The van der Waals surface area contributed by atoms with E-state index in [1.54, 1.807) is 18.2 Å². The van der Waals surface area contributed by atoms with Gasteiger partial charge in [0.2, 0.25) is 11.9 Å². The first-order valence-corrected chi connectivity index (χ1v) is 13.5. The number of halogens is 4. The summed E-state index contributed by atoms with van der Waals surface area (Å²) in [5.41, 5.74) is 1.38. The number of alkyl halides is 3. The number of fused-ring (bicyclic) bond motifs is 2. The van der Waals surface area contributed by atoms with Crippen LogP contribution in [-0.2, 0) is 11.2 Å². The van der Waals surface area contributed by atoms with Crippen LogP contribution < -0.4 is 16.1 Å². The van der Waals surface area contributed by atoms with E-state index in [0.717, 1.165) is 40.4 Å². The highest BCUT2D eigenvalue weighted by Gasteiger charge is 2.42. The molecule has 1 aliphatic heterocycles. The Labute approximate surface area is 230 Å². The van der Waals surface area contributed by atoms with Gasteiger partial charge in [-0.15, -0.1) is 0 Å². The summed E-state index contributed by atoms with van der Waals surface area (Å²) in [6.45, 7) is -1.36. The molecule has 0 saturated heterocycles. The van der Waals surface area contributed by atoms with Crippen molar-refractivity contribution in [3.05, 3.63) is 80.1 Å². The predicted molar refractivity (Wildman–Crippen MR) is 141 cm³/mol. The number of hydrogen-bond donors (Lipinski definition) is 2. The second-order valence-corrected chi connectivity index (χ2v) is 10.6. The molecule has 4 aromatic rings. The first kappa shape index (κ1) is 26.9. The van der Waals surface area contributed by atoms with Crippen LogP contribution in [0.3, 0.4) is 0 Å². The van der Waals surface area contributed by atoms with Gasteiger partial charge in [-0.05, 0) is 60.8 Å². The molecule has 214 valence electrons. The lowest BCUT2D eigenvalue weighted by Crippen LogP contribution is -2.39. The van der Waals surface area contributed by atoms with Crippen molar-refractivity contribution in [3.8, 4) is 11.3 Å². The normalized spacial score (nSPS) is 19.8. The van der Waals surface area contributed by atoms with E-state index in [1.165, 1.54) is 6.20 Å². The molecular formula is C28H26F4N6O3. The number of H-pyrrole nitrogens is 2. The Morgan fingerprint density at radius 2 is 1.78 bits per heavy atom. The molecule has 1 aliphatic carbocycles. The number of carbonyl (C=O) groups excluding carboxylic acids is 1. The largest absolute Gasteiger partial charge is 0.406 e. The molecule has 9 nitrogen and oxygen atoms in total. The van der Waals surface area contributed by atoms with Gasteiger partial charge in [0.1, 0.15) is 6.54 Å². The number of imidazole rings is 1. The van der Waals surface area contributed by atoms with Crippen LogP contribution >= 0.6 is 0 Å². The third kappa shape index (κ3) is 5.40. The fraction of sp³-hybridized carbons (Fsp3) is 0.393. The van der Waals surface area contributed by atoms with E-state index in [2.05, 4.69) is 20.1 Å². The van der Waals surface area contributed by atoms with Crippen molar-refractivity contribution in [3.63, 3.8) is 0 Å². The second kappa shape index (κ2) is 10.3. The lowest BCUT2D eigenvalue weighted by molar-refractivity contribution is -0.132. The molecule has 6 rings (SSSR count). The molecule has 1 aromatic carbocycles. The minimum absolute atomic E-state index is 0.0347. The van der Waals surface area contributed by atoms with E-state index in [9.17, 15) is 31.9 Å². The maximum Gasteiger partial charge on any atom is 0.406 e. The Kier molecular flexibility index (Phi) is 6.74. The highest BCUT2D eigenvalue weighted by Crippen LogP contribution is 2.56. The molecule has 0 unspecified atom stereocenters. The topological polar surface area (TPSA) is 116 Å². The van der Waals surface area contributed by atoms with Gasteiger partial charge in [-0.3, -0.25) is 14.6 Å². The zero-order chi connectivity index (χ0) is 28.9. The molecular weight excluding hydrogens is 544 g/mol. The van der Waals surface area contributed by atoms with Crippen molar-refractivity contribution in [1.29, 1.82) is 0 Å². The summed E-state index contributed by atoms with van der Waals surface area (Å²) in [4.78, 5) is 46.4. The third-order valence-electron chi connectivity index (χ3n) is 7.79. The summed E-state index contributed by atoms with van der Waals surface area (Å²) >= 11 is 0. The highest BCUT2D eigenvalue weighted by atomic mass is 19.4. The number of aromatic nitrogens is 5. The number of amides is 1. The van der Waals surface area contributed by atoms with Crippen LogP contribution in [0.5, 0.6) is 0 Å². The summed E-state index contributed by atoms with van der Waals surface area (Å²) in [5.74, 6) is -1.61. The summed E-state index contributed by atoms with van der Waals surface area (Å²) < 4.78 is 56.3. The van der Waals surface area contributed by atoms with Crippen LogP contribution in [0.1, 0.15) is 67.1 Å². The first-order valence-electron chi connectivity index (χ1n) is 13.5. The van der Waals surface area contributed by atoms with E-state index < -0.39 is 35.8 Å². The number of carbonyl (C=O) groups is 1. The zero-order valence-corrected chi connectivity index (χ0v) is 21.8. The third-order valence-corrected chi connectivity index (χ3v) is 7.79. The zero-order valence-electron chi connectivity index (χ0n) is 21.8. The molecule has 1 amide bonds. The van der Waals surface area contributed by atoms with Gasteiger partial charge in [-0.1, -0.05) is 25.0 Å². The summed E-state index contributed by atoms with van der Waals surface area (Å²) in [6.07, 6.45) is 1.94. The molecule has 1 saturated carbocycles. The van der Waals surface area contributed by atoms with E-state index >= 15 is 0 Å². The van der Waals surface area contributed by atoms with Gasteiger partial charge in [0.25, 0.3) is 5.56 Å². The van der Waals surface area contributed by atoms with Gasteiger partial charge in [-0.2, -0.15) is 27.2 Å². The lowest BCUT2D eigenvalue weighted by Gasteiger charge is -2.28. The van der Waals surface area contributed by atoms with Gasteiger partial charge in [0, 0.05) is 23.9 Å². The van der Waals surface area contributed by atoms with Crippen molar-refractivity contribution < 1.29 is 22.4 Å². The second-order valence-electron chi connectivity index (χ2n) is 10.6. The Hall–Kier alpha value is -4.29. The summed E-state index contributed by atoms with van der Waals surface area (Å²) in [7, 11) is 0. The average Bonchev–Trinajstić information content (AvgIpc) is 3.63. The molecule has 2 atom stereocenters. The molecule has 0 radical (unpaired) electrons. The van der Waals surface area contributed by atoms with Crippen molar-refractivity contribution in [1.82, 2.24) is 24.6 Å². The van der Waals surface area contributed by atoms with Crippen LogP contribution in [0.4, 0.5) is 23.2 Å². The summed E-state index contributed by atoms with van der Waals surface area (Å²) in [6, 6.07) is 6.99. The van der Waals surface area contributed by atoms with Crippen LogP contribution in [0.25, 0.3) is 16.9 Å². The SMILES string of the molecule is O=C1CCCCCCc2ccc([C@H]3C[C@@H]3c3cc(-c4c[nH]c(=O)[nH]c4=O)nn4c(F)cnc34)cc2N1CC(F)(F)F. The van der Waals surface area contributed by atoms with E-state index in [0.29, 0.717) is 30.4 Å². The van der Waals surface area contributed by atoms with E-state index in [1.807, 2.05) is 6.07 Å². The maximum atomic E-state index is 14.6. The van der Waals surface area contributed by atoms with Crippen molar-refractivity contribution >= 4 is 17.2 Å². The Morgan fingerprint density at radius 1 is 1.00 bits per heavy atom. The minimum atomic E-state index is -4.56. The van der Waals surface area contributed by atoms with Crippen molar-refractivity contribution in [2.75, 3.05) is 11.4 Å². The molecule has 41 heavy (non-hydrogen) atoms. The molecule has 0 spiro atoms. The number of nitrogens with zero attached hydrogens (tertiary/aromatic N) is 4. The molecule has 2 aliphatic rings. The molecule has 1 fully saturated rings. The number of aryl methyl sites for hydroxylation is 1. The number of benzene rings is 1. The van der Waals surface area contributed by atoms with E-state index in [-0.39, 0.29) is 40.8 Å². The van der Waals surface area contributed by atoms with Crippen molar-refractivity contribution in [2.45, 2.75) is 63.0 Å². The van der Waals surface area contributed by atoms with Gasteiger partial charge < -0.3 is 9.88 Å². The van der Waals surface area contributed by atoms with Gasteiger partial charge in [0.05, 0.1) is 17.5 Å². The quantitative estimate of drug-likeness (QED) is 0.349. The smallest absolute Gasteiger partial charge is 0.313 e. The van der Waals surface area contributed by atoms with Gasteiger partial charge in [0.15, 0.2) is 5.65 Å². The molecule has 13 heteroatoms. The standard InChI is InChI=1S/C28H26F4N6O3/c29-23-13-33-25-19(11-21(36-38(23)25)20-12-34-27(41)35-26(20)40)18-10-17(18)16-8-7-15-5-3-1-2-4-6-24(39)37(22(15)9-16)14-28(30,31)32/h7-9,11-13,17-18H,1-6,10,14H2,(H2,34,35,40,41)/t17-,18+/m1/s1. The lowest BCUT2D eigenvalue weighted by atomic mass is 9.97. The van der Waals surface area contributed by atoms with Crippen LogP contribution in [0.2, 0.25) is 0 Å². The first-order chi connectivity index (χ1) is 19.6. The Bertz CT molecular complexity index is 1760. The van der Waals surface area contributed by atoms with E-state index in [4.69, 9.17) is 0 Å². The minimum Gasteiger partial charge on any atom is -0.313 e. The molecule has 2 N–H and O–H groups in total. The Balaban J connectivity index is 1.39.